The molecule has 4 nitrogen and oxygen atoms in total. The molecule has 0 radical (unpaired) electrons. The van der Waals surface area contributed by atoms with E-state index in [4.69, 9.17) is 9.47 Å². The summed E-state index contributed by atoms with van der Waals surface area (Å²) in [5.41, 5.74) is 2.02. The van der Waals surface area contributed by atoms with Gasteiger partial charge in [0.1, 0.15) is 30.3 Å². The Morgan fingerprint density at radius 2 is 1.40 bits per heavy atom. The molecule has 0 aliphatic carbocycles. The minimum absolute atomic E-state index is 0.114. The quantitative estimate of drug-likeness (QED) is 0.682. The van der Waals surface area contributed by atoms with Crippen LogP contribution in [0.5, 0.6) is 11.5 Å². The zero-order valence-corrected chi connectivity index (χ0v) is 13.6. The van der Waals surface area contributed by atoms with Crippen LogP contribution in [0.1, 0.15) is 21.5 Å². The number of esters is 1. The SMILES string of the molecule is O=C(OCc1ccccc1)c1ccc(OCc2ccccc2)cc1O. The Kier molecular flexibility index (Phi) is 5.32. The predicted octanol–water partition coefficient (Wildman–Crippen LogP) is 4.33. The third-order valence-electron chi connectivity index (χ3n) is 3.65. The minimum Gasteiger partial charge on any atom is -0.507 e. The van der Waals surface area contributed by atoms with Crippen molar-refractivity contribution in [1.29, 1.82) is 0 Å². The van der Waals surface area contributed by atoms with Crippen molar-refractivity contribution in [2.24, 2.45) is 0 Å². The van der Waals surface area contributed by atoms with E-state index in [-0.39, 0.29) is 17.9 Å². The summed E-state index contributed by atoms with van der Waals surface area (Å²) in [7, 11) is 0. The van der Waals surface area contributed by atoms with E-state index in [9.17, 15) is 9.90 Å². The number of carbonyl (C=O) groups is 1. The zero-order valence-electron chi connectivity index (χ0n) is 13.6. The van der Waals surface area contributed by atoms with Crippen LogP contribution in [-0.2, 0) is 18.0 Å². The molecule has 3 aromatic rings. The lowest BCUT2D eigenvalue weighted by molar-refractivity contribution is 0.0469. The van der Waals surface area contributed by atoms with Crippen LogP contribution in [0.3, 0.4) is 0 Å². The number of phenolic OH excluding ortho intramolecular Hbond substituents is 1. The van der Waals surface area contributed by atoms with Crippen molar-refractivity contribution < 1.29 is 19.4 Å². The first-order valence-electron chi connectivity index (χ1n) is 7.93. The molecule has 0 heterocycles. The monoisotopic (exact) mass is 334 g/mol. The Hall–Kier alpha value is -3.27. The molecule has 0 amide bonds. The second-order valence-electron chi connectivity index (χ2n) is 5.51. The van der Waals surface area contributed by atoms with Crippen LogP contribution in [0.2, 0.25) is 0 Å². The Bertz CT molecular complexity index is 829. The van der Waals surface area contributed by atoms with E-state index >= 15 is 0 Å². The summed E-state index contributed by atoms with van der Waals surface area (Å²) >= 11 is 0. The van der Waals surface area contributed by atoms with Gasteiger partial charge in [-0.2, -0.15) is 0 Å². The maximum Gasteiger partial charge on any atom is 0.342 e. The maximum atomic E-state index is 12.1. The molecule has 0 spiro atoms. The lowest BCUT2D eigenvalue weighted by Gasteiger charge is -2.10. The molecule has 3 rings (SSSR count). The van der Waals surface area contributed by atoms with Gasteiger partial charge in [-0.25, -0.2) is 4.79 Å². The number of aromatic hydroxyl groups is 1. The number of ether oxygens (including phenoxy) is 2. The maximum absolute atomic E-state index is 12.1. The van der Waals surface area contributed by atoms with Crippen molar-refractivity contribution in [3.63, 3.8) is 0 Å². The van der Waals surface area contributed by atoms with Gasteiger partial charge in [-0.3, -0.25) is 0 Å². The number of benzene rings is 3. The lowest BCUT2D eigenvalue weighted by atomic mass is 10.2. The summed E-state index contributed by atoms with van der Waals surface area (Å²) in [6.07, 6.45) is 0. The van der Waals surface area contributed by atoms with Gasteiger partial charge in [0.15, 0.2) is 0 Å². The highest BCUT2D eigenvalue weighted by Gasteiger charge is 2.14. The lowest BCUT2D eigenvalue weighted by Crippen LogP contribution is -2.06. The Labute approximate surface area is 146 Å². The molecule has 0 saturated carbocycles. The van der Waals surface area contributed by atoms with Crippen molar-refractivity contribution >= 4 is 5.97 Å². The average molecular weight is 334 g/mol. The van der Waals surface area contributed by atoms with Crippen LogP contribution < -0.4 is 4.74 Å². The highest BCUT2D eigenvalue weighted by atomic mass is 16.5. The van der Waals surface area contributed by atoms with Gasteiger partial charge in [-0.15, -0.1) is 0 Å². The molecule has 0 aliphatic rings. The van der Waals surface area contributed by atoms with Crippen LogP contribution in [0.4, 0.5) is 0 Å². The van der Waals surface area contributed by atoms with Crippen molar-refractivity contribution in [3.05, 3.63) is 95.6 Å². The van der Waals surface area contributed by atoms with Crippen molar-refractivity contribution in [1.82, 2.24) is 0 Å². The van der Waals surface area contributed by atoms with Gasteiger partial charge in [0.25, 0.3) is 0 Å². The normalized spacial score (nSPS) is 10.2. The summed E-state index contributed by atoms with van der Waals surface area (Å²) in [6, 6.07) is 23.7. The van der Waals surface area contributed by atoms with E-state index in [1.807, 2.05) is 60.7 Å². The first kappa shape index (κ1) is 16.6. The smallest absolute Gasteiger partial charge is 0.342 e. The van der Waals surface area contributed by atoms with E-state index in [1.54, 1.807) is 6.07 Å². The van der Waals surface area contributed by atoms with Gasteiger partial charge in [0.05, 0.1) is 0 Å². The van der Waals surface area contributed by atoms with Gasteiger partial charge in [-0.05, 0) is 23.3 Å². The topological polar surface area (TPSA) is 55.8 Å². The van der Waals surface area contributed by atoms with Gasteiger partial charge in [0, 0.05) is 6.07 Å². The first-order valence-corrected chi connectivity index (χ1v) is 7.93. The Morgan fingerprint density at radius 1 is 0.800 bits per heavy atom. The van der Waals surface area contributed by atoms with E-state index in [2.05, 4.69) is 0 Å². The van der Waals surface area contributed by atoms with Crippen molar-refractivity contribution in [2.75, 3.05) is 0 Å². The molecular formula is C21H18O4. The molecule has 1 N–H and O–H groups in total. The van der Waals surface area contributed by atoms with Gasteiger partial charge in [0.2, 0.25) is 0 Å². The fraction of sp³-hybridized carbons (Fsp3) is 0.0952. The molecule has 0 fully saturated rings. The minimum atomic E-state index is -0.573. The second-order valence-corrected chi connectivity index (χ2v) is 5.51. The van der Waals surface area contributed by atoms with Crippen LogP contribution in [0.25, 0.3) is 0 Å². The molecule has 0 bridgehead atoms. The highest BCUT2D eigenvalue weighted by Crippen LogP contribution is 2.25. The summed E-state index contributed by atoms with van der Waals surface area (Å²) in [5, 5.41) is 10.1. The standard InChI is InChI=1S/C21H18O4/c22-20-13-18(24-14-16-7-3-1-4-8-16)11-12-19(20)21(23)25-15-17-9-5-2-6-10-17/h1-13,22H,14-15H2. The largest absolute Gasteiger partial charge is 0.507 e. The second kappa shape index (κ2) is 8.02. The molecule has 3 aromatic carbocycles. The fourth-order valence-corrected chi connectivity index (χ4v) is 2.32. The van der Waals surface area contributed by atoms with Gasteiger partial charge >= 0.3 is 5.97 Å². The van der Waals surface area contributed by atoms with E-state index in [0.717, 1.165) is 11.1 Å². The summed E-state index contributed by atoms with van der Waals surface area (Å²) in [5.74, 6) is -0.249. The summed E-state index contributed by atoms with van der Waals surface area (Å²) in [6.45, 7) is 0.545. The first-order chi connectivity index (χ1) is 12.2. The summed E-state index contributed by atoms with van der Waals surface area (Å²) < 4.78 is 10.8. The van der Waals surface area contributed by atoms with Crippen molar-refractivity contribution in [3.8, 4) is 11.5 Å². The fourth-order valence-electron chi connectivity index (χ4n) is 2.32. The van der Waals surface area contributed by atoms with Crippen LogP contribution in [-0.4, -0.2) is 11.1 Å². The molecule has 25 heavy (non-hydrogen) atoms. The molecule has 0 atom stereocenters. The Morgan fingerprint density at radius 3 is 2.00 bits per heavy atom. The van der Waals surface area contributed by atoms with Crippen LogP contribution in [0.15, 0.2) is 78.9 Å². The molecule has 4 heteroatoms. The van der Waals surface area contributed by atoms with Gasteiger partial charge in [-0.1, -0.05) is 60.7 Å². The van der Waals surface area contributed by atoms with E-state index in [0.29, 0.717) is 12.4 Å². The average Bonchev–Trinajstić information content (AvgIpc) is 2.66. The number of carbonyl (C=O) groups excluding carboxylic acids is 1. The van der Waals surface area contributed by atoms with E-state index < -0.39 is 5.97 Å². The van der Waals surface area contributed by atoms with E-state index in [1.165, 1.54) is 12.1 Å². The zero-order chi connectivity index (χ0) is 17.5. The number of phenols is 1. The molecule has 0 unspecified atom stereocenters. The molecule has 0 aromatic heterocycles. The number of hydrogen-bond donors (Lipinski definition) is 1. The third-order valence-corrected chi connectivity index (χ3v) is 3.65. The molecule has 126 valence electrons. The van der Waals surface area contributed by atoms with Crippen LogP contribution in [0, 0.1) is 0 Å². The molecular weight excluding hydrogens is 316 g/mol. The van der Waals surface area contributed by atoms with Gasteiger partial charge < -0.3 is 14.6 Å². The summed E-state index contributed by atoms with van der Waals surface area (Å²) in [4.78, 5) is 12.1. The molecule has 0 saturated heterocycles. The third kappa shape index (κ3) is 4.61. The molecule has 0 aliphatic heterocycles. The van der Waals surface area contributed by atoms with Crippen molar-refractivity contribution in [2.45, 2.75) is 13.2 Å². The number of rotatable bonds is 6. The highest BCUT2D eigenvalue weighted by molar-refractivity contribution is 5.92. The van der Waals surface area contributed by atoms with Crippen LogP contribution >= 0.6 is 0 Å². The number of hydrogen-bond acceptors (Lipinski definition) is 4. The predicted molar refractivity (Wildman–Crippen MR) is 94.4 cm³/mol. The Balaban J connectivity index is 1.60.